The summed E-state index contributed by atoms with van der Waals surface area (Å²) in [5.41, 5.74) is 6.07. The first-order chi connectivity index (χ1) is 16.9. The molecule has 2 saturated carbocycles. The van der Waals surface area contributed by atoms with E-state index >= 15 is 0 Å². The summed E-state index contributed by atoms with van der Waals surface area (Å²) in [5.74, 6) is 0.843. The van der Waals surface area contributed by atoms with Gasteiger partial charge in [0.05, 0.1) is 6.10 Å². The molecule has 3 nitrogen and oxygen atoms in total. The molecule has 7 atom stereocenters. The van der Waals surface area contributed by atoms with Crippen LogP contribution in [0.3, 0.4) is 0 Å². The van der Waals surface area contributed by atoms with Gasteiger partial charge in [-0.05, 0) is 105 Å². The fourth-order valence-corrected chi connectivity index (χ4v) is 9.16. The van der Waals surface area contributed by atoms with Gasteiger partial charge in [-0.25, -0.2) is 0 Å². The number of carbonyl (C=O) groups is 1. The van der Waals surface area contributed by atoms with E-state index in [4.69, 9.17) is 9.47 Å². The second-order valence-electron chi connectivity index (χ2n) is 13.1. The van der Waals surface area contributed by atoms with Gasteiger partial charge in [-0.3, -0.25) is 4.79 Å². The van der Waals surface area contributed by atoms with Gasteiger partial charge in [-0.2, -0.15) is 0 Å². The number of hydrogen-bond donors (Lipinski definition) is 0. The molecule has 1 aromatic rings. The number of allylic oxidation sites excluding steroid dienone is 6. The molecule has 3 heteroatoms. The summed E-state index contributed by atoms with van der Waals surface area (Å²) in [6.45, 7) is 15.0. The summed E-state index contributed by atoms with van der Waals surface area (Å²) in [7, 11) is 0. The largest absolute Gasteiger partial charge is 0.344 e. The molecule has 0 spiro atoms. The van der Waals surface area contributed by atoms with Crippen molar-refractivity contribution in [1.29, 1.82) is 0 Å². The second-order valence-corrected chi connectivity index (χ2v) is 13.1. The van der Waals surface area contributed by atoms with Crippen LogP contribution in [-0.2, 0) is 20.7 Å². The molecule has 0 unspecified atom stereocenters. The van der Waals surface area contributed by atoms with Crippen LogP contribution >= 0.6 is 0 Å². The molecule has 0 aromatic heterocycles. The molecule has 1 aliphatic heterocycles. The number of ether oxygens (including phenoxy) is 2. The van der Waals surface area contributed by atoms with Gasteiger partial charge in [0.2, 0.25) is 0 Å². The van der Waals surface area contributed by atoms with Crippen LogP contribution in [0.4, 0.5) is 0 Å². The second kappa shape index (κ2) is 7.77. The standard InChI is InChI=1S/C33H42O3/c1-8-22-9-11-23(12-10-22)24-13-15-31(6)26-14-16-32(7)28(25(26)17-20(2)27(31)18-24)19-29-33(32,21(3)34)36-30(4,5)35-29/h9-13,17-18,25-26,28-29H,8,14-16,19H2,1-7H3/t25-,26+,28+,29+,31-,32+,33-/m1/s1. The Kier molecular flexibility index (Phi) is 5.26. The van der Waals surface area contributed by atoms with Crippen LogP contribution in [0.2, 0.25) is 0 Å². The maximum Gasteiger partial charge on any atom is 0.164 e. The van der Waals surface area contributed by atoms with Crippen molar-refractivity contribution in [3.8, 4) is 0 Å². The number of ketones is 1. The normalized spacial score (nSPS) is 42.4. The van der Waals surface area contributed by atoms with E-state index in [0.717, 1.165) is 32.1 Å². The summed E-state index contributed by atoms with van der Waals surface area (Å²) >= 11 is 0. The first kappa shape index (κ1) is 24.4. The predicted octanol–water partition coefficient (Wildman–Crippen LogP) is 7.46. The van der Waals surface area contributed by atoms with E-state index in [9.17, 15) is 4.79 Å². The Morgan fingerprint density at radius 2 is 1.81 bits per heavy atom. The summed E-state index contributed by atoms with van der Waals surface area (Å²) < 4.78 is 13.0. The lowest BCUT2D eigenvalue weighted by atomic mass is 9.47. The van der Waals surface area contributed by atoms with Crippen LogP contribution in [0.25, 0.3) is 5.57 Å². The van der Waals surface area contributed by atoms with Crippen molar-refractivity contribution in [2.24, 2.45) is 28.6 Å². The number of Topliss-reactive ketones (excluding diaryl/α,β-unsaturated/α-hetero) is 1. The van der Waals surface area contributed by atoms with Gasteiger partial charge in [0.25, 0.3) is 0 Å². The smallest absolute Gasteiger partial charge is 0.164 e. The monoisotopic (exact) mass is 486 g/mol. The Bertz CT molecular complexity index is 1200. The van der Waals surface area contributed by atoms with Gasteiger partial charge in [0.1, 0.15) is 0 Å². The van der Waals surface area contributed by atoms with Crippen molar-refractivity contribution in [2.45, 2.75) is 98.1 Å². The number of carbonyl (C=O) groups excluding carboxylic acids is 1. The highest BCUT2D eigenvalue weighted by Gasteiger charge is 2.74. The molecule has 0 bridgehead atoms. The topological polar surface area (TPSA) is 35.5 Å². The van der Waals surface area contributed by atoms with Crippen molar-refractivity contribution < 1.29 is 14.3 Å². The van der Waals surface area contributed by atoms with E-state index in [1.165, 1.54) is 27.8 Å². The summed E-state index contributed by atoms with van der Waals surface area (Å²) in [4.78, 5) is 13.3. The first-order valence-electron chi connectivity index (χ1n) is 14.0. The van der Waals surface area contributed by atoms with Gasteiger partial charge < -0.3 is 9.47 Å². The fourth-order valence-electron chi connectivity index (χ4n) is 9.16. The van der Waals surface area contributed by atoms with E-state index < -0.39 is 11.4 Å². The molecule has 1 heterocycles. The highest BCUT2D eigenvalue weighted by atomic mass is 16.8. The van der Waals surface area contributed by atoms with Crippen LogP contribution < -0.4 is 0 Å². The molecule has 0 radical (unpaired) electrons. The maximum atomic E-state index is 13.3. The zero-order valence-electron chi connectivity index (χ0n) is 23.1. The zero-order valence-corrected chi connectivity index (χ0v) is 23.1. The minimum absolute atomic E-state index is 0.125. The van der Waals surface area contributed by atoms with Crippen molar-refractivity contribution in [1.82, 2.24) is 0 Å². The first-order valence-corrected chi connectivity index (χ1v) is 14.0. The van der Waals surface area contributed by atoms with Gasteiger partial charge in [0, 0.05) is 5.41 Å². The van der Waals surface area contributed by atoms with E-state index in [-0.39, 0.29) is 22.7 Å². The Hall–Kier alpha value is -1.97. The number of benzene rings is 1. The summed E-state index contributed by atoms with van der Waals surface area (Å²) in [6.07, 6.45) is 12.5. The Morgan fingerprint density at radius 3 is 2.47 bits per heavy atom. The summed E-state index contributed by atoms with van der Waals surface area (Å²) in [6, 6.07) is 9.08. The van der Waals surface area contributed by atoms with Crippen molar-refractivity contribution in [2.75, 3.05) is 0 Å². The minimum atomic E-state index is -0.824. The fraction of sp³-hybridized carbons (Fsp3) is 0.606. The van der Waals surface area contributed by atoms with E-state index in [2.05, 4.69) is 70.2 Å². The minimum Gasteiger partial charge on any atom is -0.344 e. The predicted molar refractivity (Wildman–Crippen MR) is 144 cm³/mol. The molecule has 0 amide bonds. The molecule has 36 heavy (non-hydrogen) atoms. The van der Waals surface area contributed by atoms with Crippen molar-refractivity contribution >= 4 is 11.4 Å². The quantitative estimate of drug-likeness (QED) is 0.445. The third-order valence-corrected chi connectivity index (χ3v) is 10.9. The highest BCUT2D eigenvalue weighted by molar-refractivity contribution is 5.88. The highest BCUT2D eigenvalue weighted by Crippen LogP contribution is 2.70. The average molecular weight is 487 g/mol. The Labute approximate surface area is 217 Å². The lowest BCUT2D eigenvalue weighted by molar-refractivity contribution is -0.210. The van der Waals surface area contributed by atoms with E-state index in [1.54, 1.807) is 6.92 Å². The molecule has 3 fully saturated rings. The van der Waals surface area contributed by atoms with Crippen LogP contribution in [-0.4, -0.2) is 23.3 Å². The van der Waals surface area contributed by atoms with Crippen molar-refractivity contribution in [3.05, 3.63) is 64.8 Å². The molecule has 6 rings (SSSR count). The summed E-state index contributed by atoms with van der Waals surface area (Å²) in [5, 5.41) is 0. The molecule has 1 saturated heterocycles. The number of aryl methyl sites for hydroxylation is 1. The van der Waals surface area contributed by atoms with E-state index in [0.29, 0.717) is 17.8 Å². The van der Waals surface area contributed by atoms with Gasteiger partial charge in [-0.1, -0.05) is 68.8 Å². The van der Waals surface area contributed by atoms with Crippen LogP contribution in [0.1, 0.15) is 85.3 Å². The number of fused-ring (bicyclic) bond motifs is 7. The van der Waals surface area contributed by atoms with Gasteiger partial charge in [-0.15, -0.1) is 0 Å². The molecular weight excluding hydrogens is 444 g/mol. The van der Waals surface area contributed by atoms with Crippen LogP contribution in [0.5, 0.6) is 0 Å². The molecule has 5 aliphatic rings. The third kappa shape index (κ3) is 3.08. The number of rotatable bonds is 3. The SMILES string of the molecule is CCc1ccc(C2=CC[C@@]3(C)C(=C2)C(C)=C[C@@H]2[C@@H]3CC[C@@]3(C)[C@H]2C[C@@H]2OC(C)(C)O[C@]23C(C)=O)cc1. The average Bonchev–Trinajstić information content (AvgIpc) is 3.25. The van der Waals surface area contributed by atoms with Crippen LogP contribution in [0.15, 0.2) is 53.6 Å². The number of hydrogen-bond acceptors (Lipinski definition) is 3. The Balaban J connectivity index is 1.37. The molecular formula is C33H42O3. The van der Waals surface area contributed by atoms with Crippen LogP contribution in [0, 0.1) is 28.6 Å². The molecule has 4 aliphatic carbocycles. The van der Waals surface area contributed by atoms with Gasteiger partial charge in [0.15, 0.2) is 17.2 Å². The zero-order chi connectivity index (χ0) is 25.7. The lowest BCUT2D eigenvalue weighted by Gasteiger charge is -2.58. The van der Waals surface area contributed by atoms with E-state index in [1.807, 2.05) is 13.8 Å². The Morgan fingerprint density at radius 1 is 1.08 bits per heavy atom. The molecule has 0 N–H and O–H groups in total. The maximum absolute atomic E-state index is 13.3. The van der Waals surface area contributed by atoms with Gasteiger partial charge >= 0.3 is 0 Å². The third-order valence-electron chi connectivity index (χ3n) is 10.9. The molecule has 1 aromatic carbocycles. The van der Waals surface area contributed by atoms with Crippen molar-refractivity contribution in [3.63, 3.8) is 0 Å². The molecule has 192 valence electrons. The lowest BCUT2D eigenvalue weighted by Crippen LogP contribution is -2.59.